The maximum absolute atomic E-state index is 11.2. The fraction of sp³-hybridized carbons (Fsp3) is 0.562. The second-order valence-corrected chi connectivity index (χ2v) is 5.49. The summed E-state index contributed by atoms with van der Waals surface area (Å²) in [5.74, 6) is 0.443. The first-order valence-corrected chi connectivity index (χ1v) is 6.92. The zero-order valence-corrected chi connectivity index (χ0v) is 11.5. The molecule has 1 aliphatic rings. The van der Waals surface area contributed by atoms with Gasteiger partial charge in [-0.05, 0) is 38.8 Å². The molecule has 0 amide bonds. The summed E-state index contributed by atoms with van der Waals surface area (Å²) in [6.45, 7) is 3.22. The number of Topliss-reactive ketones (excluding diaryl/α,β-unsaturated/α-hetero) is 1. The van der Waals surface area contributed by atoms with Gasteiger partial charge in [-0.3, -0.25) is 4.79 Å². The standard InChI is InChI=1S/C16H23NO/c1-13-4-3-5-14(12-13)10-11-17(2)15-6-8-16(18)9-7-15/h3-5,12,15H,6-11H2,1-2H3. The van der Waals surface area contributed by atoms with E-state index in [2.05, 4.69) is 43.1 Å². The van der Waals surface area contributed by atoms with Crippen molar-refractivity contribution in [3.8, 4) is 0 Å². The zero-order chi connectivity index (χ0) is 13.0. The summed E-state index contributed by atoms with van der Waals surface area (Å²) in [6, 6.07) is 9.33. The zero-order valence-electron chi connectivity index (χ0n) is 11.5. The number of ketones is 1. The van der Waals surface area contributed by atoms with Crippen LogP contribution >= 0.6 is 0 Å². The van der Waals surface area contributed by atoms with E-state index in [0.717, 1.165) is 38.6 Å². The van der Waals surface area contributed by atoms with Crippen LogP contribution in [0.25, 0.3) is 0 Å². The molecule has 2 heteroatoms. The number of benzene rings is 1. The fourth-order valence-corrected chi connectivity index (χ4v) is 2.72. The molecule has 2 rings (SSSR count). The van der Waals surface area contributed by atoms with Crippen LogP contribution in [0, 0.1) is 6.92 Å². The largest absolute Gasteiger partial charge is 0.303 e. The number of nitrogens with zero attached hydrogens (tertiary/aromatic N) is 1. The summed E-state index contributed by atoms with van der Waals surface area (Å²) < 4.78 is 0. The minimum absolute atomic E-state index is 0.443. The summed E-state index contributed by atoms with van der Waals surface area (Å²) in [5, 5.41) is 0. The van der Waals surface area contributed by atoms with Crippen molar-refractivity contribution in [3.05, 3.63) is 35.4 Å². The highest BCUT2D eigenvalue weighted by Gasteiger charge is 2.21. The summed E-state index contributed by atoms with van der Waals surface area (Å²) >= 11 is 0. The van der Waals surface area contributed by atoms with Crippen LogP contribution in [0.5, 0.6) is 0 Å². The van der Waals surface area contributed by atoms with Crippen molar-refractivity contribution in [3.63, 3.8) is 0 Å². The fourth-order valence-electron chi connectivity index (χ4n) is 2.72. The van der Waals surface area contributed by atoms with Crippen LogP contribution in [0.4, 0.5) is 0 Å². The molecule has 18 heavy (non-hydrogen) atoms. The predicted molar refractivity (Wildman–Crippen MR) is 74.8 cm³/mol. The Morgan fingerprint density at radius 3 is 2.67 bits per heavy atom. The highest BCUT2D eigenvalue weighted by molar-refractivity contribution is 5.79. The van der Waals surface area contributed by atoms with Crippen molar-refractivity contribution in [1.29, 1.82) is 0 Å². The Hall–Kier alpha value is -1.15. The summed E-state index contributed by atoms with van der Waals surface area (Å²) in [4.78, 5) is 13.7. The first-order chi connectivity index (χ1) is 8.65. The maximum Gasteiger partial charge on any atom is 0.133 e. The Morgan fingerprint density at radius 2 is 2.00 bits per heavy atom. The van der Waals surface area contributed by atoms with Gasteiger partial charge < -0.3 is 4.90 Å². The molecule has 1 aromatic carbocycles. The topological polar surface area (TPSA) is 20.3 Å². The van der Waals surface area contributed by atoms with Gasteiger partial charge in [-0.25, -0.2) is 0 Å². The molecule has 98 valence electrons. The average Bonchev–Trinajstić information content (AvgIpc) is 2.37. The van der Waals surface area contributed by atoms with E-state index in [-0.39, 0.29) is 0 Å². The smallest absolute Gasteiger partial charge is 0.133 e. The van der Waals surface area contributed by atoms with Gasteiger partial charge in [0.15, 0.2) is 0 Å². The number of hydrogen-bond acceptors (Lipinski definition) is 2. The molecule has 0 heterocycles. The molecular formula is C16H23NO. The number of hydrogen-bond donors (Lipinski definition) is 0. The molecule has 1 fully saturated rings. The first kappa shape index (κ1) is 13.3. The van der Waals surface area contributed by atoms with E-state index >= 15 is 0 Å². The molecule has 0 spiro atoms. The van der Waals surface area contributed by atoms with Crippen molar-refractivity contribution in [2.24, 2.45) is 0 Å². The van der Waals surface area contributed by atoms with Crippen molar-refractivity contribution in [2.45, 2.75) is 45.1 Å². The van der Waals surface area contributed by atoms with Gasteiger partial charge in [-0.15, -0.1) is 0 Å². The number of carbonyl (C=O) groups excluding carboxylic acids is 1. The van der Waals surface area contributed by atoms with Crippen LogP contribution in [0.1, 0.15) is 36.8 Å². The second kappa shape index (κ2) is 6.14. The lowest BCUT2D eigenvalue weighted by atomic mass is 9.93. The lowest BCUT2D eigenvalue weighted by Gasteiger charge is -2.30. The van der Waals surface area contributed by atoms with Gasteiger partial charge in [0.25, 0.3) is 0 Å². The lowest BCUT2D eigenvalue weighted by Crippen LogP contribution is -2.36. The third-order valence-corrected chi connectivity index (χ3v) is 3.97. The lowest BCUT2D eigenvalue weighted by molar-refractivity contribution is -0.121. The van der Waals surface area contributed by atoms with E-state index in [9.17, 15) is 4.79 Å². The Bertz CT molecular complexity index is 403. The van der Waals surface area contributed by atoms with Gasteiger partial charge in [0.05, 0.1) is 0 Å². The summed E-state index contributed by atoms with van der Waals surface area (Å²) in [6.07, 6.45) is 4.74. The number of likely N-dealkylation sites (N-methyl/N-ethyl adjacent to an activating group) is 1. The highest BCUT2D eigenvalue weighted by Crippen LogP contribution is 2.19. The Kier molecular flexibility index (Phi) is 4.54. The molecule has 0 N–H and O–H groups in total. The molecule has 0 unspecified atom stereocenters. The van der Waals surface area contributed by atoms with Crippen molar-refractivity contribution in [2.75, 3.05) is 13.6 Å². The molecule has 1 saturated carbocycles. The van der Waals surface area contributed by atoms with E-state index in [1.54, 1.807) is 0 Å². The number of rotatable bonds is 4. The molecule has 0 atom stereocenters. The molecule has 2 nitrogen and oxygen atoms in total. The van der Waals surface area contributed by atoms with Crippen LogP contribution in [0.2, 0.25) is 0 Å². The highest BCUT2D eigenvalue weighted by atomic mass is 16.1. The molecule has 0 aromatic heterocycles. The molecule has 1 aromatic rings. The van der Waals surface area contributed by atoms with E-state index < -0.39 is 0 Å². The van der Waals surface area contributed by atoms with Crippen molar-refractivity contribution >= 4 is 5.78 Å². The number of carbonyl (C=O) groups is 1. The van der Waals surface area contributed by atoms with E-state index in [1.807, 2.05) is 0 Å². The van der Waals surface area contributed by atoms with Crippen molar-refractivity contribution < 1.29 is 4.79 Å². The van der Waals surface area contributed by atoms with Gasteiger partial charge >= 0.3 is 0 Å². The Balaban J connectivity index is 1.81. The van der Waals surface area contributed by atoms with Gasteiger partial charge in [0.2, 0.25) is 0 Å². The third kappa shape index (κ3) is 3.67. The SMILES string of the molecule is Cc1cccc(CCN(C)C2CCC(=O)CC2)c1. The summed E-state index contributed by atoms with van der Waals surface area (Å²) in [7, 11) is 2.19. The molecular weight excluding hydrogens is 222 g/mol. The van der Waals surface area contributed by atoms with Crippen LogP contribution in [-0.2, 0) is 11.2 Å². The second-order valence-electron chi connectivity index (χ2n) is 5.49. The van der Waals surface area contributed by atoms with Crippen LogP contribution in [0.15, 0.2) is 24.3 Å². The average molecular weight is 245 g/mol. The molecule has 1 aliphatic carbocycles. The van der Waals surface area contributed by atoms with Gasteiger partial charge in [0, 0.05) is 25.4 Å². The quantitative estimate of drug-likeness (QED) is 0.813. The van der Waals surface area contributed by atoms with Crippen LogP contribution in [0.3, 0.4) is 0 Å². The van der Waals surface area contributed by atoms with E-state index in [1.165, 1.54) is 11.1 Å². The normalized spacial score (nSPS) is 17.4. The van der Waals surface area contributed by atoms with Crippen LogP contribution in [-0.4, -0.2) is 30.3 Å². The van der Waals surface area contributed by atoms with Gasteiger partial charge in [-0.1, -0.05) is 29.8 Å². The van der Waals surface area contributed by atoms with Crippen LogP contribution < -0.4 is 0 Å². The van der Waals surface area contributed by atoms with E-state index in [4.69, 9.17) is 0 Å². The minimum Gasteiger partial charge on any atom is -0.303 e. The third-order valence-electron chi connectivity index (χ3n) is 3.97. The predicted octanol–water partition coefficient (Wildman–Crippen LogP) is 2.98. The maximum atomic E-state index is 11.2. The molecule has 0 aliphatic heterocycles. The Labute approximate surface area is 110 Å². The molecule has 0 bridgehead atoms. The number of aryl methyl sites for hydroxylation is 1. The Morgan fingerprint density at radius 1 is 1.28 bits per heavy atom. The minimum atomic E-state index is 0.443. The monoisotopic (exact) mass is 245 g/mol. The van der Waals surface area contributed by atoms with Crippen molar-refractivity contribution in [1.82, 2.24) is 4.90 Å². The molecule has 0 radical (unpaired) electrons. The van der Waals surface area contributed by atoms with Gasteiger partial charge in [0.1, 0.15) is 5.78 Å². The van der Waals surface area contributed by atoms with E-state index in [0.29, 0.717) is 11.8 Å². The summed E-state index contributed by atoms with van der Waals surface area (Å²) in [5.41, 5.74) is 2.74. The van der Waals surface area contributed by atoms with Gasteiger partial charge in [-0.2, -0.15) is 0 Å². The first-order valence-electron chi connectivity index (χ1n) is 6.92. The molecule has 0 saturated heterocycles.